The largest absolute Gasteiger partial charge is 0.353 e. The Morgan fingerprint density at radius 2 is 2.16 bits per heavy atom. The van der Waals surface area contributed by atoms with Gasteiger partial charge in [0.15, 0.2) is 0 Å². The van der Waals surface area contributed by atoms with E-state index in [-0.39, 0.29) is 0 Å². The molecular weight excluding hydrogens is 236 g/mol. The lowest BCUT2D eigenvalue weighted by Gasteiger charge is -2.27. The molecule has 1 unspecified atom stereocenters. The minimum absolute atomic E-state index is 0.584. The van der Waals surface area contributed by atoms with Crippen LogP contribution in [0, 0.1) is 0 Å². The Kier molecular flexibility index (Phi) is 5.58. The molecule has 106 valence electrons. The van der Waals surface area contributed by atoms with Crippen LogP contribution in [0.1, 0.15) is 51.6 Å². The fraction of sp³-hybridized carbons (Fsp3) is 0.733. The summed E-state index contributed by atoms with van der Waals surface area (Å²) in [5.41, 5.74) is 1.03. The van der Waals surface area contributed by atoms with E-state index in [1.807, 2.05) is 12.4 Å². The molecule has 1 saturated heterocycles. The Bertz CT molecular complexity index is 363. The van der Waals surface area contributed by atoms with Crippen molar-refractivity contribution in [2.45, 2.75) is 58.5 Å². The minimum Gasteiger partial charge on any atom is -0.353 e. The lowest BCUT2D eigenvalue weighted by Crippen LogP contribution is -2.33. The van der Waals surface area contributed by atoms with Gasteiger partial charge in [-0.15, -0.1) is 0 Å². The van der Waals surface area contributed by atoms with Crippen molar-refractivity contribution in [3.8, 4) is 0 Å². The smallest absolute Gasteiger partial charge is 0.147 e. The van der Waals surface area contributed by atoms with Gasteiger partial charge in [0, 0.05) is 19.1 Å². The Morgan fingerprint density at radius 1 is 1.26 bits per heavy atom. The number of hydrogen-bond acceptors (Lipinski definition) is 4. The molecule has 1 aliphatic heterocycles. The first-order valence-electron chi connectivity index (χ1n) is 7.59. The Hall–Kier alpha value is -1.16. The molecule has 1 atom stereocenters. The minimum atomic E-state index is 0.584. The maximum absolute atomic E-state index is 4.60. The summed E-state index contributed by atoms with van der Waals surface area (Å²) in [5, 5.41) is 3.35. The molecule has 4 heteroatoms. The second-order valence-electron chi connectivity index (χ2n) is 5.43. The fourth-order valence-corrected chi connectivity index (χ4v) is 2.60. The Morgan fingerprint density at radius 3 is 2.89 bits per heavy atom. The van der Waals surface area contributed by atoms with Crippen molar-refractivity contribution in [2.24, 2.45) is 0 Å². The molecule has 0 radical (unpaired) electrons. The number of aromatic nitrogens is 2. The van der Waals surface area contributed by atoms with Crippen molar-refractivity contribution in [3.63, 3.8) is 0 Å². The van der Waals surface area contributed by atoms with Gasteiger partial charge in [-0.1, -0.05) is 19.8 Å². The molecule has 2 rings (SSSR count). The van der Waals surface area contributed by atoms with Crippen LogP contribution in [0.2, 0.25) is 0 Å². The van der Waals surface area contributed by atoms with Crippen LogP contribution in [0.5, 0.6) is 0 Å². The molecule has 1 aliphatic rings. The first-order chi connectivity index (χ1) is 9.31. The fourth-order valence-electron chi connectivity index (χ4n) is 2.60. The van der Waals surface area contributed by atoms with E-state index in [4.69, 9.17) is 0 Å². The van der Waals surface area contributed by atoms with E-state index in [2.05, 4.69) is 34.0 Å². The first kappa shape index (κ1) is 14.3. The average Bonchev–Trinajstić information content (AvgIpc) is 2.65. The van der Waals surface area contributed by atoms with Gasteiger partial charge in [-0.05, 0) is 32.7 Å². The van der Waals surface area contributed by atoms with Crippen LogP contribution < -0.4 is 10.2 Å². The SMILES string of the molecule is CCCNCc1cnc(N2CCCCCC2C)cn1. The third-order valence-electron chi connectivity index (χ3n) is 3.77. The highest BCUT2D eigenvalue weighted by Gasteiger charge is 2.18. The van der Waals surface area contributed by atoms with E-state index < -0.39 is 0 Å². The van der Waals surface area contributed by atoms with Gasteiger partial charge in [0.1, 0.15) is 5.82 Å². The third kappa shape index (κ3) is 4.16. The quantitative estimate of drug-likeness (QED) is 0.828. The second kappa shape index (κ2) is 7.43. The van der Waals surface area contributed by atoms with Crippen molar-refractivity contribution < 1.29 is 0 Å². The molecule has 0 aromatic carbocycles. The van der Waals surface area contributed by atoms with Crippen molar-refractivity contribution in [1.82, 2.24) is 15.3 Å². The normalized spacial score (nSPS) is 20.3. The Balaban J connectivity index is 1.96. The highest BCUT2D eigenvalue weighted by atomic mass is 15.2. The zero-order chi connectivity index (χ0) is 13.5. The van der Waals surface area contributed by atoms with Crippen LogP contribution in [-0.4, -0.2) is 29.1 Å². The summed E-state index contributed by atoms with van der Waals surface area (Å²) in [6.07, 6.45) is 10.2. The number of rotatable bonds is 5. The zero-order valence-electron chi connectivity index (χ0n) is 12.2. The molecule has 1 aromatic heterocycles. The van der Waals surface area contributed by atoms with Crippen LogP contribution in [-0.2, 0) is 6.54 Å². The summed E-state index contributed by atoms with van der Waals surface area (Å²) in [6, 6.07) is 0.584. The van der Waals surface area contributed by atoms with Gasteiger partial charge in [-0.2, -0.15) is 0 Å². The van der Waals surface area contributed by atoms with Crippen molar-refractivity contribution >= 4 is 5.82 Å². The zero-order valence-corrected chi connectivity index (χ0v) is 12.2. The molecule has 2 heterocycles. The van der Waals surface area contributed by atoms with Crippen LogP contribution in [0.4, 0.5) is 5.82 Å². The van der Waals surface area contributed by atoms with E-state index in [9.17, 15) is 0 Å². The molecule has 1 N–H and O–H groups in total. The highest BCUT2D eigenvalue weighted by Crippen LogP contribution is 2.21. The monoisotopic (exact) mass is 262 g/mol. The van der Waals surface area contributed by atoms with E-state index in [0.29, 0.717) is 6.04 Å². The van der Waals surface area contributed by atoms with Gasteiger partial charge in [0.05, 0.1) is 18.1 Å². The molecule has 0 aliphatic carbocycles. The maximum Gasteiger partial charge on any atom is 0.147 e. The average molecular weight is 262 g/mol. The van der Waals surface area contributed by atoms with E-state index in [1.54, 1.807) is 0 Å². The number of nitrogens with one attached hydrogen (secondary N) is 1. The van der Waals surface area contributed by atoms with Crippen LogP contribution in [0.25, 0.3) is 0 Å². The van der Waals surface area contributed by atoms with Crippen molar-refractivity contribution in [1.29, 1.82) is 0 Å². The van der Waals surface area contributed by atoms with Gasteiger partial charge in [0.25, 0.3) is 0 Å². The molecule has 0 amide bonds. The van der Waals surface area contributed by atoms with Gasteiger partial charge in [-0.3, -0.25) is 4.98 Å². The molecule has 1 aromatic rings. The standard InChI is InChI=1S/C15H26N4/c1-3-8-16-10-14-11-18-15(12-17-14)19-9-6-4-5-7-13(19)2/h11-13,16H,3-10H2,1-2H3. The Labute approximate surface area is 116 Å². The summed E-state index contributed by atoms with van der Waals surface area (Å²) < 4.78 is 0. The van der Waals surface area contributed by atoms with E-state index in [1.165, 1.54) is 25.7 Å². The van der Waals surface area contributed by atoms with Crippen LogP contribution >= 0.6 is 0 Å². The van der Waals surface area contributed by atoms with Gasteiger partial charge < -0.3 is 10.2 Å². The first-order valence-corrected chi connectivity index (χ1v) is 7.59. The van der Waals surface area contributed by atoms with Crippen molar-refractivity contribution in [3.05, 3.63) is 18.1 Å². The highest BCUT2D eigenvalue weighted by molar-refractivity contribution is 5.37. The lowest BCUT2D eigenvalue weighted by atomic mass is 10.1. The van der Waals surface area contributed by atoms with Crippen LogP contribution in [0.3, 0.4) is 0 Å². The maximum atomic E-state index is 4.60. The number of hydrogen-bond donors (Lipinski definition) is 1. The summed E-state index contributed by atoms with van der Waals surface area (Å²) in [6.45, 7) is 7.43. The molecule has 1 fully saturated rings. The van der Waals surface area contributed by atoms with E-state index >= 15 is 0 Å². The predicted octanol–water partition coefficient (Wildman–Crippen LogP) is 2.75. The van der Waals surface area contributed by atoms with Gasteiger partial charge >= 0.3 is 0 Å². The molecule has 19 heavy (non-hydrogen) atoms. The summed E-state index contributed by atoms with van der Waals surface area (Å²) in [5.74, 6) is 1.04. The molecular formula is C15H26N4. The number of anilines is 1. The molecule has 0 bridgehead atoms. The summed E-state index contributed by atoms with van der Waals surface area (Å²) in [7, 11) is 0. The molecule has 4 nitrogen and oxygen atoms in total. The molecule has 0 spiro atoms. The van der Waals surface area contributed by atoms with Crippen molar-refractivity contribution in [2.75, 3.05) is 18.0 Å². The van der Waals surface area contributed by atoms with Gasteiger partial charge in [-0.25, -0.2) is 4.98 Å². The third-order valence-corrected chi connectivity index (χ3v) is 3.77. The summed E-state index contributed by atoms with van der Waals surface area (Å²) in [4.78, 5) is 11.5. The second-order valence-corrected chi connectivity index (χ2v) is 5.43. The lowest BCUT2D eigenvalue weighted by molar-refractivity contribution is 0.608. The topological polar surface area (TPSA) is 41.1 Å². The number of nitrogens with zero attached hydrogens (tertiary/aromatic N) is 3. The van der Waals surface area contributed by atoms with Crippen LogP contribution in [0.15, 0.2) is 12.4 Å². The molecule has 0 saturated carbocycles. The predicted molar refractivity (Wildman–Crippen MR) is 79.3 cm³/mol. The summed E-state index contributed by atoms with van der Waals surface area (Å²) >= 11 is 0. The van der Waals surface area contributed by atoms with Gasteiger partial charge in [0.2, 0.25) is 0 Å². The van der Waals surface area contributed by atoms with E-state index in [0.717, 1.165) is 37.6 Å².